The molecule has 2 rings (SSSR count). The molecule has 0 radical (unpaired) electrons. The van der Waals surface area contributed by atoms with Crippen LogP contribution in [-0.4, -0.2) is 18.2 Å². The van der Waals surface area contributed by atoms with Gasteiger partial charge in [-0.25, -0.2) is 0 Å². The number of allylic oxidation sites excluding steroid dienone is 3. The van der Waals surface area contributed by atoms with Gasteiger partial charge in [-0.05, 0) is 31.3 Å². The predicted octanol–water partition coefficient (Wildman–Crippen LogP) is 5.93. The molecule has 0 amide bonds. The SMILES string of the molecule is C=CCC1=C(C)CC(OC(=O)[C@@H]2[C@H](C(C)=C(Cl)C(F)(F)F)C2(C)C)C1. The molecule has 0 aromatic heterocycles. The van der Waals surface area contributed by atoms with Crippen molar-refractivity contribution in [2.75, 3.05) is 0 Å². The van der Waals surface area contributed by atoms with E-state index in [0.717, 1.165) is 6.42 Å². The van der Waals surface area contributed by atoms with Crippen LogP contribution in [0.3, 0.4) is 0 Å². The maximum atomic E-state index is 12.8. The zero-order valence-electron chi connectivity index (χ0n) is 15.0. The molecule has 0 aromatic rings. The van der Waals surface area contributed by atoms with Gasteiger partial charge in [0, 0.05) is 18.8 Å². The molecule has 0 bridgehead atoms. The molecule has 0 N–H and O–H groups in total. The van der Waals surface area contributed by atoms with Crippen molar-refractivity contribution in [1.82, 2.24) is 0 Å². The topological polar surface area (TPSA) is 26.3 Å². The minimum atomic E-state index is -4.59. The molecule has 1 fully saturated rings. The summed E-state index contributed by atoms with van der Waals surface area (Å²) in [5.41, 5.74) is 1.84. The average Bonchev–Trinajstić information content (AvgIpc) is 2.90. The van der Waals surface area contributed by atoms with Crippen LogP contribution in [0.5, 0.6) is 0 Å². The molecule has 2 aliphatic rings. The van der Waals surface area contributed by atoms with E-state index in [4.69, 9.17) is 16.3 Å². The Kier molecular flexibility index (Phi) is 5.48. The Labute approximate surface area is 151 Å². The first-order valence-electron chi connectivity index (χ1n) is 8.33. The lowest BCUT2D eigenvalue weighted by Gasteiger charge is -2.13. The van der Waals surface area contributed by atoms with E-state index in [-0.39, 0.29) is 11.7 Å². The molecule has 0 spiro atoms. The fourth-order valence-corrected chi connectivity index (χ4v) is 4.12. The molecule has 0 heterocycles. The summed E-state index contributed by atoms with van der Waals surface area (Å²) in [6.07, 6.45) is -0.909. The number of ether oxygens (including phenoxy) is 1. The lowest BCUT2D eigenvalue weighted by molar-refractivity contribution is -0.151. The number of halogens is 4. The van der Waals surface area contributed by atoms with Gasteiger partial charge in [0.2, 0.25) is 0 Å². The van der Waals surface area contributed by atoms with Crippen molar-refractivity contribution in [1.29, 1.82) is 0 Å². The number of esters is 1. The highest BCUT2D eigenvalue weighted by Crippen LogP contribution is 2.63. The first-order chi connectivity index (χ1) is 11.4. The Morgan fingerprint density at radius 3 is 2.48 bits per heavy atom. The fourth-order valence-electron chi connectivity index (χ4n) is 4.01. The summed E-state index contributed by atoms with van der Waals surface area (Å²) in [6.45, 7) is 10.6. The molecule has 2 aliphatic carbocycles. The lowest BCUT2D eigenvalue weighted by Crippen LogP contribution is -2.19. The van der Waals surface area contributed by atoms with Crippen LogP contribution in [-0.2, 0) is 9.53 Å². The third kappa shape index (κ3) is 3.97. The van der Waals surface area contributed by atoms with Crippen molar-refractivity contribution in [3.8, 4) is 0 Å². The normalized spacial score (nSPS) is 29.4. The molecular weight excluding hydrogens is 353 g/mol. The molecule has 25 heavy (non-hydrogen) atoms. The van der Waals surface area contributed by atoms with Gasteiger partial charge in [0.1, 0.15) is 11.1 Å². The Morgan fingerprint density at radius 1 is 1.36 bits per heavy atom. The molecule has 140 valence electrons. The van der Waals surface area contributed by atoms with Gasteiger partial charge >= 0.3 is 12.1 Å². The van der Waals surface area contributed by atoms with Crippen LogP contribution in [0.15, 0.2) is 34.4 Å². The molecule has 3 atom stereocenters. The van der Waals surface area contributed by atoms with E-state index in [1.807, 2.05) is 13.0 Å². The van der Waals surface area contributed by atoms with Crippen LogP contribution >= 0.6 is 11.6 Å². The van der Waals surface area contributed by atoms with E-state index in [1.165, 1.54) is 18.1 Å². The zero-order chi connectivity index (χ0) is 19.2. The second kappa shape index (κ2) is 6.82. The van der Waals surface area contributed by atoms with E-state index < -0.39 is 34.4 Å². The highest BCUT2D eigenvalue weighted by Gasteiger charge is 2.64. The van der Waals surface area contributed by atoms with Crippen molar-refractivity contribution < 1.29 is 22.7 Å². The average molecular weight is 377 g/mol. The van der Waals surface area contributed by atoms with Gasteiger partial charge in [-0.3, -0.25) is 4.79 Å². The van der Waals surface area contributed by atoms with E-state index in [9.17, 15) is 18.0 Å². The largest absolute Gasteiger partial charge is 0.461 e. The third-order valence-electron chi connectivity index (χ3n) is 5.43. The quantitative estimate of drug-likeness (QED) is 0.439. The van der Waals surface area contributed by atoms with Gasteiger partial charge in [-0.15, -0.1) is 6.58 Å². The van der Waals surface area contributed by atoms with Crippen LogP contribution in [0.2, 0.25) is 0 Å². The highest BCUT2D eigenvalue weighted by molar-refractivity contribution is 6.30. The minimum Gasteiger partial charge on any atom is -0.461 e. The van der Waals surface area contributed by atoms with Crippen molar-refractivity contribution in [3.63, 3.8) is 0 Å². The van der Waals surface area contributed by atoms with Gasteiger partial charge in [0.05, 0.1) is 5.92 Å². The highest BCUT2D eigenvalue weighted by atomic mass is 35.5. The van der Waals surface area contributed by atoms with E-state index in [2.05, 4.69) is 6.58 Å². The Morgan fingerprint density at radius 2 is 1.96 bits per heavy atom. The van der Waals surface area contributed by atoms with Crippen LogP contribution in [0.25, 0.3) is 0 Å². The number of alkyl halides is 3. The number of rotatable bonds is 5. The minimum absolute atomic E-state index is 0.00851. The van der Waals surface area contributed by atoms with Crippen LogP contribution in [0.1, 0.15) is 47.0 Å². The maximum absolute atomic E-state index is 12.8. The second-order valence-corrected chi connectivity index (χ2v) is 7.99. The summed E-state index contributed by atoms with van der Waals surface area (Å²) in [4.78, 5) is 12.5. The number of hydrogen-bond acceptors (Lipinski definition) is 2. The standard InChI is InChI=1S/C19H24ClF3O2/c1-6-7-12-9-13(8-10(12)2)25-17(24)15-14(18(15,4)5)11(3)16(20)19(21,22)23/h6,13-15H,1,7-9H2,2-5H3/t13?,14-,15-/m0/s1. The maximum Gasteiger partial charge on any atom is 0.426 e. The molecule has 2 nitrogen and oxygen atoms in total. The molecule has 1 saturated carbocycles. The number of hydrogen-bond donors (Lipinski definition) is 0. The van der Waals surface area contributed by atoms with Gasteiger partial charge in [0.15, 0.2) is 0 Å². The van der Waals surface area contributed by atoms with Crippen LogP contribution in [0.4, 0.5) is 13.2 Å². The summed E-state index contributed by atoms with van der Waals surface area (Å²) in [6, 6.07) is 0. The summed E-state index contributed by atoms with van der Waals surface area (Å²) >= 11 is 5.47. The second-order valence-electron chi connectivity index (χ2n) is 7.62. The monoisotopic (exact) mass is 376 g/mol. The molecular formula is C19H24ClF3O2. The zero-order valence-corrected chi connectivity index (χ0v) is 15.7. The third-order valence-corrected chi connectivity index (χ3v) is 5.94. The summed E-state index contributed by atoms with van der Waals surface area (Å²) in [5, 5.41) is -1.13. The summed E-state index contributed by atoms with van der Waals surface area (Å²) in [5.74, 6) is -1.57. The predicted molar refractivity (Wildman–Crippen MR) is 92.0 cm³/mol. The summed E-state index contributed by atoms with van der Waals surface area (Å²) in [7, 11) is 0. The fraction of sp³-hybridized carbons (Fsp3) is 0.632. The number of carbonyl (C=O) groups excluding carboxylic acids is 1. The van der Waals surface area contributed by atoms with Crippen molar-refractivity contribution in [2.24, 2.45) is 17.3 Å². The number of carbonyl (C=O) groups is 1. The molecule has 0 aliphatic heterocycles. The van der Waals surface area contributed by atoms with Crippen molar-refractivity contribution in [2.45, 2.75) is 59.2 Å². The molecule has 6 heteroatoms. The Hall–Kier alpha value is -1.23. The first-order valence-corrected chi connectivity index (χ1v) is 8.71. The first kappa shape index (κ1) is 20.1. The Balaban J connectivity index is 2.05. The molecule has 1 unspecified atom stereocenters. The smallest absolute Gasteiger partial charge is 0.426 e. The van der Waals surface area contributed by atoms with Gasteiger partial charge < -0.3 is 4.74 Å². The van der Waals surface area contributed by atoms with Crippen molar-refractivity contribution in [3.05, 3.63) is 34.4 Å². The van der Waals surface area contributed by atoms with E-state index in [1.54, 1.807) is 13.8 Å². The van der Waals surface area contributed by atoms with E-state index >= 15 is 0 Å². The van der Waals surface area contributed by atoms with Crippen LogP contribution < -0.4 is 0 Å². The van der Waals surface area contributed by atoms with Gasteiger partial charge in [-0.2, -0.15) is 13.2 Å². The van der Waals surface area contributed by atoms with Gasteiger partial charge in [0.25, 0.3) is 0 Å². The van der Waals surface area contributed by atoms with Gasteiger partial charge in [-0.1, -0.05) is 42.7 Å². The molecule has 0 aromatic carbocycles. The molecule has 0 saturated heterocycles. The summed E-state index contributed by atoms with van der Waals surface area (Å²) < 4.78 is 44.1. The van der Waals surface area contributed by atoms with Crippen molar-refractivity contribution >= 4 is 17.6 Å². The Bertz CT molecular complexity index is 644. The van der Waals surface area contributed by atoms with Crippen LogP contribution in [0, 0.1) is 17.3 Å². The lowest BCUT2D eigenvalue weighted by atomic mass is 10.0. The van der Waals surface area contributed by atoms with E-state index in [0.29, 0.717) is 12.8 Å².